The molecule has 3 amide bonds. The van der Waals surface area contributed by atoms with Gasteiger partial charge in [-0.15, -0.1) is 0 Å². The Labute approximate surface area is 234 Å². The molecular weight excluding hydrogens is 510 g/mol. The lowest BCUT2D eigenvalue weighted by Gasteiger charge is -2.49. The van der Waals surface area contributed by atoms with Gasteiger partial charge in [0.2, 0.25) is 17.5 Å². The van der Waals surface area contributed by atoms with Crippen LogP contribution in [0.3, 0.4) is 0 Å². The number of piperidine rings is 1. The van der Waals surface area contributed by atoms with E-state index in [1.54, 1.807) is 4.90 Å². The van der Waals surface area contributed by atoms with Gasteiger partial charge in [0.25, 0.3) is 11.8 Å². The Morgan fingerprint density at radius 2 is 2.10 bits per heavy atom. The van der Waals surface area contributed by atoms with Crippen molar-refractivity contribution in [3.05, 3.63) is 35.5 Å². The van der Waals surface area contributed by atoms with E-state index in [0.717, 1.165) is 18.4 Å². The van der Waals surface area contributed by atoms with E-state index < -0.39 is 29.6 Å². The first kappa shape index (κ1) is 26.0. The van der Waals surface area contributed by atoms with Gasteiger partial charge in [-0.05, 0) is 69.2 Å². The number of hydrogen-bond acceptors (Lipinski definition) is 6. The van der Waals surface area contributed by atoms with Gasteiger partial charge in [0, 0.05) is 42.1 Å². The lowest BCUT2D eigenvalue weighted by Crippen LogP contribution is -2.71. The molecule has 40 heavy (non-hydrogen) atoms. The molecular formula is C30H39N5O5. The fourth-order valence-electron chi connectivity index (χ4n) is 8.29. The van der Waals surface area contributed by atoms with Crippen LogP contribution in [0, 0.1) is 11.8 Å². The zero-order valence-electron chi connectivity index (χ0n) is 23.6. The molecule has 214 valence electrons. The molecule has 0 spiro atoms. The Morgan fingerprint density at radius 1 is 1.30 bits per heavy atom. The van der Waals surface area contributed by atoms with E-state index >= 15 is 0 Å². The number of likely N-dealkylation sites (N-methyl/N-ethyl adjacent to an activating group) is 1. The van der Waals surface area contributed by atoms with E-state index in [1.807, 2.05) is 13.8 Å². The number of rotatable bonds is 4. The molecule has 1 aliphatic carbocycles. The first-order valence-corrected chi connectivity index (χ1v) is 14.7. The number of carbonyl (C=O) groups excluding carboxylic acids is 3. The molecule has 7 rings (SSSR count). The number of carbonyl (C=O) groups is 3. The first-order chi connectivity index (χ1) is 19.0. The van der Waals surface area contributed by atoms with Crippen molar-refractivity contribution >= 4 is 28.6 Å². The van der Waals surface area contributed by atoms with Crippen molar-refractivity contribution in [1.82, 2.24) is 25.0 Å². The molecule has 4 aliphatic heterocycles. The number of likely N-dealkylation sites (tertiary alicyclic amines) is 1. The fourth-order valence-corrected chi connectivity index (χ4v) is 8.29. The molecule has 0 bridgehead atoms. The molecule has 5 heterocycles. The van der Waals surface area contributed by atoms with Crippen LogP contribution >= 0.6 is 0 Å². The van der Waals surface area contributed by atoms with Crippen LogP contribution in [-0.2, 0) is 25.5 Å². The highest BCUT2D eigenvalue weighted by molar-refractivity contribution is 5.97. The minimum atomic E-state index is -1.97. The van der Waals surface area contributed by atoms with Crippen LogP contribution in [0.5, 0.6) is 0 Å². The van der Waals surface area contributed by atoms with Gasteiger partial charge in [-0.3, -0.25) is 24.0 Å². The molecule has 4 saturated heterocycles. The summed E-state index contributed by atoms with van der Waals surface area (Å²) in [4.78, 5) is 49.8. The molecule has 4 fully saturated rings. The van der Waals surface area contributed by atoms with Crippen molar-refractivity contribution in [2.75, 3.05) is 20.1 Å². The smallest absolute Gasteiger partial charge is 0.280 e. The van der Waals surface area contributed by atoms with E-state index in [2.05, 4.69) is 46.6 Å². The summed E-state index contributed by atoms with van der Waals surface area (Å²) in [5.41, 5.74) is 1.93. The van der Waals surface area contributed by atoms with Gasteiger partial charge in [-0.1, -0.05) is 26.0 Å². The minimum Gasteiger partial charge on any atom is -0.361 e. The maximum absolute atomic E-state index is 14.0. The Bertz CT molecular complexity index is 1410. The molecule has 7 atom stereocenters. The molecule has 5 unspecified atom stereocenters. The zero-order chi connectivity index (χ0) is 28.1. The average molecular weight is 550 g/mol. The van der Waals surface area contributed by atoms with Gasteiger partial charge in [0.1, 0.15) is 12.1 Å². The van der Waals surface area contributed by atoms with Crippen LogP contribution in [0.1, 0.15) is 63.5 Å². The summed E-state index contributed by atoms with van der Waals surface area (Å²) in [5, 5.41) is 16.1. The maximum atomic E-state index is 14.0. The number of hydrogen-bond donors (Lipinski definition) is 3. The lowest BCUT2D eigenvalue weighted by molar-refractivity contribution is -0.315. The summed E-state index contributed by atoms with van der Waals surface area (Å²) >= 11 is 0. The highest BCUT2D eigenvalue weighted by Crippen LogP contribution is 2.47. The molecule has 10 heteroatoms. The molecule has 0 radical (unpaired) electrons. The molecule has 1 aromatic heterocycles. The van der Waals surface area contributed by atoms with E-state index in [0.29, 0.717) is 38.4 Å². The molecule has 3 N–H and O–H groups in total. The Hall–Kier alpha value is -2.95. The van der Waals surface area contributed by atoms with Gasteiger partial charge >= 0.3 is 0 Å². The summed E-state index contributed by atoms with van der Waals surface area (Å²) in [6, 6.07) is 5.14. The highest BCUT2D eigenvalue weighted by atomic mass is 16.7. The molecule has 0 saturated carbocycles. The summed E-state index contributed by atoms with van der Waals surface area (Å²) in [6.07, 6.45) is 5.36. The Kier molecular flexibility index (Phi) is 5.70. The van der Waals surface area contributed by atoms with Crippen molar-refractivity contribution in [2.24, 2.45) is 11.8 Å². The lowest BCUT2D eigenvalue weighted by atomic mass is 9.72. The van der Waals surface area contributed by atoms with Crippen molar-refractivity contribution in [3.63, 3.8) is 0 Å². The summed E-state index contributed by atoms with van der Waals surface area (Å²) in [6.45, 7) is 6.58. The van der Waals surface area contributed by atoms with Crippen LogP contribution in [-0.4, -0.2) is 92.4 Å². The topological polar surface area (TPSA) is 118 Å². The second-order valence-electron chi connectivity index (χ2n) is 13.1. The Balaban J connectivity index is 1.16. The third-order valence-corrected chi connectivity index (χ3v) is 10.0. The number of piperazine rings is 1. The predicted molar refractivity (Wildman–Crippen MR) is 147 cm³/mol. The third kappa shape index (κ3) is 3.55. The molecule has 5 aliphatic rings. The number of aliphatic hydroxyl groups is 1. The standard InChI is InChI=1S/C30H39N5O5/c1-16(2)11-23-27(37)34-10-6-9-24(34)30(39)35(23)28(38)29(3,40-30)32-26(36)18-12-20-19-7-5-8-21-25(19)17(14-31-21)13-22(20)33(4)15-18/h5,7-8,14,16,18,20,22-24,31,39H,6,9-13,15H2,1-4H3,(H,32,36)/t18?,20?,22?,23?,24?,29-,30+/m1/s1. The van der Waals surface area contributed by atoms with Gasteiger partial charge in [-0.2, -0.15) is 0 Å². The number of ether oxygens (including phenoxy) is 1. The second kappa shape index (κ2) is 8.77. The summed E-state index contributed by atoms with van der Waals surface area (Å²) < 4.78 is 6.19. The van der Waals surface area contributed by atoms with E-state index in [1.165, 1.54) is 28.3 Å². The van der Waals surface area contributed by atoms with Crippen LogP contribution < -0.4 is 5.32 Å². The van der Waals surface area contributed by atoms with Gasteiger partial charge in [0.15, 0.2) is 0 Å². The van der Waals surface area contributed by atoms with Crippen LogP contribution in [0.4, 0.5) is 0 Å². The van der Waals surface area contributed by atoms with Gasteiger partial charge < -0.3 is 25.2 Å². The molecule has 10 nitrogen and oxygen atoms in total. The van der Waals surface area contributed by atoms with Crippen molar-refractivity contribution in [3.8, 4) is 0 Å². The monoisotopic (exact) mass is 549 g/mol. The second-order valence-corrected chi connectivity index (χ2v) is 13.1. The summed E-state index contributed by atoms with van der Waals surface area (Å²) in [5.74, 6) is -3.01. The van der Waals surface area contributed by atoms with Gasteiger partial charge in [-0.25, -0.2) is 0 Å². The van der Waals surface area contributed by atoms with Crippen molar-refractivity contribution in [1.29, 1.82) is 0 Å². The number of aromatic nitrogens is 1. The number of amides is 3. The zero-order valence-corrected chi connectivity index (χ0v) is 23.6. The number of fused-ring (bicyclic) bond motifs is 5. The fraction of sp³-hybridized carbons (Fsp3) is 0.633. The van der Waals surface area contributed by atoms with E-state index in [-0.39, 0.29) is 29.6 Å². The summed E-state index contributed by atoms with van der Waals surface area (Å²) in [7, 11) is 2.06. The molecule has 2 aromatic rings. The van der Waals surface area contributed by atoms with Crippen molar-refractivity contribution in [2.45, 2.75) is 88.6 Å². The quantitative estimate of drug-likeness (QED) is 0.536. The van der Waals surface area contributed by atoms with E-state index in [4.69, 9.17) is 4.74 Å². The number of nitrogens with one attached hydrogen (secondary N) is 2. The largest absolute Gasteiger partial charge is 0.361 e. The van der Waals surface area contributed by atoms with Crippen LogP contribution in [0.25, 0.3) is 10.9 Å². The SMILES string of the molecule is CC(C)CC1C(=O)N2CCCC2[C@]2(O)O[C@@](C)(NC(=O)C3CC4c5cccc6[nH]cc(c56)CC4N(C)C3)C(=O)N12. The van der Waals surface area contributed by atoms with Crippen LogP contribution in [0.15, 0.2) is 24.4 Å². The van der Waals surface area contributed by atoms with Crippen LogP contribution in [0.2, 0.25) is 0 Å². The Morgan fingerprint density at radius 3 is 2.88 bits per heavy atom. The third-order valence-electron chi connectivity index (χ3n) is 10.0. The maximum Gasteiger partial charge on any atom is 0.280 e. The van der Waals surface area contributed by atoms with Gasteiger partial charge in [0.05, 0.1) is 5.92 Å². The molecule has 1 aromatic carbocycles. The highest BCUT2D eigenvalue weighted by Gasteiger charge is 2.70. The number of aromatic amines is 1. The number of benzene rings is 1. The average Bonchev–Trinajstić information content (AvgIpc) is 3.60. The van der Waals surface area contributed by atoms with E-state index in [9.17, 15) is 19.5 Å². The van der Waals surface area contributed by atoms with Crippen molar-refractivity contribution < 1.29 is 24.2 Å². The first-order valence-electron chi connectivity index (χ1n) is 14.7. The predicted octanol–water partition coefficient (Wildman–Crippen LogP) is 1.88. The minimum absolute atomic E-state index is 0.123. The number of H-pyrrole nitrogens is 1. The normalized spacial score (nSPS) is 37.2. The number of nitrogens with zero attached hydrogens (tertiary/aromatic N) is 3.